The van der Waals surface area contributed by atoms with Crippen LogP contribution in [0.3, 0.4) is 0 Å². The maximum absolute atomic E-state index is 12.1. The molecule has 7 heteroatoms. The van der Waals surface area contributed by atoms with Crippen LogP contribution in [0.1, 0.15) is 22.8 Å². The fourth-order valence-electron chi connectivity index (χ4n) is 2.09. The first-order chi connectivity index (χ1) is 12.0. The quantitative estimate of drug-likeness (QED) is 0.723. The lowest BCUT2D eigenvalue weighted by atomic mass is 10.2. The summed E-state index contributed by atoms with van der Waals surface area (Å²) in [6.07, 6.45) is 0.911. The van der Waals surface area contributed by atoms with Crippen molar-refractivity contribution in [3.05, 3.63) is 58.1 Å². The number of aryl methyl sites for hydroxylation is 1. The maximum atomic E-state index is 12.1. The number of ether oxygens (including phenoxy) is 2. The van der Waals surface area contributed by atoms with Crippen molar-refractivity contribution in [1.82, 2.24) is 10.9 Å². The third kappa shape index (κ3) is 5.22. The molecular formula is C18H19BrN2O4. The monoisotopic (exact) mass is 406 g/mol. The predicted molar refractivity (Wildman–Crippen MR) is 97.6 cm³/mol. The summed E-state index contributed by atoms with van der Waals surface area (Å²) in [6.45, 7) is 1.83. The molecule has 0 unspecified atom stereocenters. The average molecular weight is 407 g/mol. The molecule has 2 aromatic carbocycles. The lowest BCUT2D eigenvalue weighted by molar-refractivity contribution is -0.123. The Bertz CT molecular complexity index is 764. The number of carbonyl (C=O) groups is 2. The van der Waals surface area contributed by atoms with E-state index in [2.05, 4.69) is 33.7 Å². The highest BCUT2D eigenvalue weighted by Gasteiger charge is 2.12. The zero-order valence-electron chi connectivity index (χ0n) is 14.0. The summed E-state index contributed by atoms with van der Waals surface area (Å²) in [5, 5.41) is 0. The molecule has 0 aliphatic rings. The Kier molecular flexibility index (Phi) is 6.82. The van der Waals surface area contributed by atoms with Gasteiger partial charge in [-0.15, -0.1) is 0 Å². The van der Waals surface area contributed by atoms with Crippen molar-refractivity contribution < 1.29 is 19.1 Å². The lowest BCUT2D eigenvalue weighted by Gasteiger charge is -2.11. The molecule has 0 saturated heterocycles. The molecule has 25 heavy (non-hydrogen) atoms. The number of para-hydroxylation sites is 1. The van der Waals surface area contributed by atoms with Gasteiger partial charge in [-0.05, 0) is 52.2 Å². The molecule has 2 N–H and O–H groups in total. The molecular weight excluding hydrogens is 388 g/mol. The van der Waals surface area contributed by atoms with Crippen molar-refractivity contribution >= 4 is 27.7 Å². The average Bonchev–Trinajstić information content (AvgIpc) is 2.64. The molecule has 0 atom stereocenters. The number of nitrogens with one attached hydrogen (secondary N) is 2. The number of methoxy groups -OCH3 is 1. The van der Waals surface area contributed by atoms with Crippen molar-refractivity contribution in [3.8, 4) is 11.5 Å². The standard InChI is InChI=1S/C18H19BrN2O4/c1-3-12-8-9-16(14(19)10-12)25-11-17(22)20-21-18(23)13-6-4-5-7-15(13)24-2/h4-10H,3,11H2,1-2H3,(H,20,22)(H,21,23). The first kappa shape index (κ1) is 18.8. The van der Waals surface area contributed by atoms with E-state index in [1.165, 1.54) is 7.11 Å². The van der Waals surface area contributed by atoms with Crippen molar-refractivity contribution in [1.29, 1.82) is 0 Å². The highest BCUT2D eigenvalue weighted by atomic mass is 79.9. The van der Waals surface area contributed by atoms with Gasteiger partial charge < -0.3 is 9.47 Å². The minimum absolute atomic E-state index is 0.226. The summed E-state index contributed by atoms with van der Waals surface area (Å²) in [5.74, 6) is 0.0304. The van der Waals surface area contributed by atoms with Crippen molar-refractivity contribution in [3.63, 3.8) is 0 Å². The van der Waals surface area contributed by atoms with Crippen molar-refractivity contribution in [2.24, 2.45) is 0 Å². The van der Waals surface area contributed by atoms with Gasteiger partial charge in [-0.25, -0.2) is 0 Å². The minimum Gasteiger partial charge on any atom is -0.496 e. The first-order valence-electron chi connectivity index (χ1n) is 7.68. The number of amides is 2. The zero-order chi connectivity index (χ0) is 18.2. The SMILES string of the molecule is CCc1ccc(OCC(=O)NNC(=O)c2ccccc2OC)c(Br)c1. The van der Waals surface area contributed by atoms with Gasteiger partial charge in [0.05, 0.1) is 17.1 Å². The van der Waals surface area contributed by atoms with Gasteiger partial charge in [0.15, 0.2) is 6.61 Å². The van der Waals surface area contributed by atoms with E-state index in [1.54, 1.807) is 30.3 Å². The molecule has 2 aromatic rings. The Hall–Kier alpha value is -2.54. The van der Waals surface area contributed by atoms with Crippen LogP contribution < -0.4 is 20.3 Å². The Morgan fingerprint density at radius 1 is 1.08 bits per heavy atom. The van der Waals surface area contributed by atoms with Crippen LogP contribution >= 0.6 is 15.9 Å². The molecule has 0 aliphatic carbocycles. The van der Waals surface area contributed by atoms with Gasteiger partial charge in [0, 0.05) is 0 Å². The van der Waals surface area contributed by atoms with Gasteiger partial charge in [-0.3, -0.25) is 20.4 Å². The van der Waals surface area contributed by atoms with Crippen LogP contribution in [0.25, 0.3) is 0 Å². The zero-order valence-corrected chi connectivity index (χ0v) is 15.6. The van der Waals surface area contributed by atoms with Crippen LogP contribution in [0.5, 0.6) is 11.5 Å². The van der Waals surface area contributed by atoms with Crippen LogP contribution in [0, 0.1) is 0 Å². The van der Waals surface area contributed by atoms with Crippen LogP contribution in [-0.2, 0) is 11.2 Å². The van der Waals surface area contributed by atoms with Crippen molar-refractivity contribution in [2.45, 2.75) is 13.3 Å². The normalized spacial score (nSPS) is 10.0. The molecule has 0 aliphatic heterocycles. The van der Waals surface area contributed by atoms with Crippen LogP contribution in [-0.4, -0.2) is 25.5 Å². The number of benzene rings is 2. The first-order valence-corrected chi connectivity index (χ1v) is 8.47. The second-order valence-electron chi connectivity index (χ2n) is 5.11. The number of hydrazine groups is 1. The number of rotatable bonds is 6. The molecule has 6 nitrogen and oxygen atoms in total. The van der Waals surface area contributed by atoms with Gasteiger partial charge >= 0.3 is 0 Å². The summed E-state index contributed by atoms with van der Waals surface area (Å²) >= 11 is 3.41. The Morgan fingerprint density at radius 3 is 2.52 bits per heavy atom. The molecule has 0 saturated carbocycles. The van der Waals surface area contributed by atoms with E-state index in [-0.39, 0.29) is 6.61 Å². The highest BCUT2D eigenvalue weighted by Crippen LogP contribution is 2.26. The Morgan fingerprint density at radius 2 is 1.84 bits per heavy atom. The predicted octanol–water partition coefficient (Wildman–Crippen LogP) is 2.86. The third-order valence-electron chi connectivity index (χ3n) is 3.43. The van der Waals surface area contributed by atoms with E-state index < -0.39 is 11.8 Å². The highest BCUT2D eigenvalue weighted by molar-refractivity contribution is 9.10. The third-order valence-corrected chi connectivity index (χ3v) is 4.05. The van der Waals surface area contributed by atoms with Gasteiger partial charge in [-0.2, -0.15) is 0 Å². The van der Waals surface area contributed by atoms with E-state index in [0.29, 0.717) is 17.1 Å². The second-order valence-corrected chi connectivity index (χ2v) is 5.96. The van der Waals surface area contributed by atoms with E-state index in [4.69, 9.17) is 9.47 Å². The van der Waals surface area contributed by atoms with Crippen LogP contribution in [0.2, 0.25) is 0 Å². The molecule has 0 radical (unpaired) electrons. The van der Waals surface area contributed by atoms with Gasteiger partial charge in [0.2, 0.25) is 0 Å². The summed E-state index contributed by atoms with van der Waals surface area (Å²) in [6, 6.07) is 12.4. The largest absolute Gasteiger partial charge is 0.496 e. The fourth-order valence-corrected chi connectivity index (χ4v) is 2.63. The number of hydrogen-bond donors (Lipinski definition) is 2. The van der Waals surface area contributed by atoms with Crippen molar-refractivity contribution in [2.75, 3.05) is 13.7 Å². The minimum atomic E-state index is -0.477. The smallest absolute Gasteiger partial charge is 0.276 e. The van der Waals surface area contributed by atoms with Gasteiger partial charge in [-0.1, -0.05) is 25.1 Å². The number of carbonyl (C=O) groups excluding carboxylic acids is 2. The van der Waals surface area contributed by atoms with Gasteiger partial charge in [0.25, 0.3) is 11.8 Å². The van der Waals surface area contributed by atoms with E-state index in [0.717, 1.165) is 16.5 Å². The molecule has 2 amide bonds. The summed E-state index contributed by atoms with van der Waals surface area (Å²) in [5.41, 5.74) is 6.13. The van der Waals surface area contributed by atoms with E-state index in [9.17, 15) is 9.59 Å². The van der Waals surface area contributed by atoms with Crippen LogP contribution in [0.15, 0.2) is 46.9 Å². The molecule has 2 rings (SSSR count). The topological polar surface area (TPSA) is 76.7 Å². The molecule has 0 spiro atoms. The molecule has 0 aromatic heterocycles. The molecule has 0 heterocycles. The summed E-state index contributed by atoms with van der Waals surface area (Å²) in [7, 11) is 1.47. The molecule has 132 valence electrons. The lowest BCUT2D eigenvalue weighted by Crippen LogP contribution is -2.43. The number of halogens is 1. The number of hydrogen-bond acceptors (Lipinski definition) is 4. The van der Waals surface area contributed by atoms with Gasteiger partial charge in [0.1, 0.15) is 11.5 Å². The van der Waals surface area contributed by atoms with Crippen LogP contribution in [0.4, 0.5) is 0 Å². The summed E-state index contributed by atoms with van der Waals surface area (Å²) < 4.78 is 11.3. The maximum Gasteiger partial charge on any atom is 0.276 e. The second kappa shape index (κ2) is 9.08. The fraction of sp³-hybridized carbons (Fsp3) is 0.222. The van der Waals surface area contributed by atoms with E-state index in [1.807, 2.05) is 12.1 Å². The Labute approximate surface area is 154 Å². The summed E-state index contributed by atoms with van der Waals surface area (Å²) in [4.78, 5) is 23.9. The molecule has 0 bridgehead atoms. The molecule has 0 fully saturated rings. The Balaban J connectivity index is 1.85. The van der Waals surface area contributed by atoms with E-state index >= 15 is 0 Å².